The Balaban J connectivity index is 1.74. The van der Waals surface area contributed by atoms with Crippen LogP contribution in [-0.4, -0.2) is 39.2 Å². The lowest BCUT2D eigenvalue weighted by atomic mass is 9.88. The van der Waals surface area contributed by atoms with Gasteiger partial charge in [0, 0.05) is 19.4 Å². The van der Waals surface area contributed by atoms with Crippen LogP contribution in [-0.2, 0) is 7.05 Å². The van der Waals surface area contributed by atoms with Gasteiger partial charge in [-0.1, -0.05) is 0 Å². The summed E-state index contributed by atoms with van der Waals surface area (Å²) in [6.07, 6.45) is 7.19. The zero-order chi connectivity index (χ0) is 16.2. The van der Waals surface area contributed by atoms with Crippen molar-refractivity contribution in [2.45, 2.75) is 45.6 Å². The molecule has 1 fully saturated rings. The minimum absolute atomic E-state index is 0.216. The fourth-order valence-electron chi connectivity index (χ4n) is 3.17. The first kappa shape index (κ1) is 17.0. The molecular formula is C17H28N4O. The molecule has 0 saturated carbocycles. The summed E-state index contributed by atoms with van der Waals surface area (Å²) >= 11 is 0. The average Bonchev–Trinajstić information content (AvgIpc) is 2.93. The minimum atomic E-state index is -0.459. The highest BCUT2D eigenvalue weighted by Crippen LogP contribution is 2.30. The highest BCUT2D eigenvalue weighted by Gasteiger charge is 2.28. The van der Waals surface area contributed by atoms with Crippen LogP contribution in [0.2, 0.25) is 0 Å². The van der Waals surface area contributed by atoms with Crippen LogP contribution in [0.15, 0.2) is 12.4 Å². The average molecular weight is 304 g/mol. The van der Waals surface area contributed by atoms with Gasteiger partial charge in [-0.3, -0.25) is 0 Å². The van der Waals surface area contributed by atoms with Gasteiger partial charge in [0.1, 0.15) is 11.9 Å². The van der Waals surface area contributed by atoms with Gasteiger partial charge in [0.25, 0.3) is 0 Å². The molecule has 1 unspecified atom stereocenters. The molecule has 5 heteroatoms. The van der Waals surface area contributed by atoms with Crippen LogP contribution in [0, 0.1) is 22.7 Å². The van der Waals surface area contributed by atoms with Gasteiger partial charge in [-0.25, -0.2) is 4.98 Å². The summed E-state index contributed by atoms with van der Waals surface area (Å²) in [5, 5.41) is 19.5. The maximum absolute atomic E-state index is 10.5. The lowest BCUT2D eigenvalue weighted by Crippen LogP contribution is -2.36. The van der Waals surface area contributed by atoms with Gasteiger partial charge >= 0.3 is 0 Å². The highest BCUT2D eigenvalue weighted by atomic mass is 16.3. The largest absolute Gasteiger partial charge is 0.385 e. The van der Waals surface area contributed by atoms with Crippen molar-refractivity contribution in [2.75, 3.05) is 19.6 Å². The first-order valence-electron chi connectivity index (χ1n) is 8.22. The molecule has 5 nitrogen and oxygen atoms in total. The second-order valence-electron chi connectivity index (χ2n) is 7.12. The van der Waals surface area contributed by atoms with E-state index in [-0.39, 0.29) is 5.41 Å². The number of rotatable bonds is 6. The molecule has 0 radical (unpaired) electrons. The standard InChI is InChI=1S/C17H28N4O/c1-17(2,13-18)7-4-9-21-10-5-14(6-11-21)15(22)16-19-8-12-20(16)3/h8,12,14-15,22H,4-7,9-11H2,1-3H3. The second kappa shape index (κ2) is 7.26. The Labute approximate surface area is 133 Å². The second-order valence-corrected chi connectivity index (χ2v) is 7.12. The van der Waals surface area contributed by atoms with Crippen LogP contribution in [0.5, 0.6) is 0 Å². The lowest BCUT2D eigenvalue weighted by molar-refractivity contribution is 0.0503. The van der Waals surface area contributed by atoms with Crippen molar-refractivity contribution in [2.24, 2.45) is 18.4 Å². The Hall–Kier alpha value is -1.38. The van der Waals surface area contributed by atoms with Crippen molar-refractivity contribution >= 4 is 0 Å². The van der Waals surface area contributed by atoms with Crippen molar-refractivity contribution in [3.05, 3.63) is 18.2 Å². The summed E-state index contributed by atoms with van der Waals surface area (Å²) in [6.45, 7) is 7.11. The quantitative estimate of drug-likeness (QED) is 0.877. The first-order valence-corrected chi connectivity index (χ1v) is 8.22. The highest BCUT2D eigenvalue weighted by molar-refractivity contribution is 4.98. The smallest absolute Gasteiger partial charge is 0.137 e. The molecule has 1 aliphatic heterocycles. The Morgan fingerprint density at radius 1 is 1.45 bits per heavy atom. The first-order chi connectivity index (χ1) is 10.4. The van der Waals surface area contributed by atoms with Crippen molar-refractivity contribution in [3.63, 3.8) is 0 Å². The Bertz CT molecular complexity index is 509. The van der Waals surface area contributed by atoms with E-state index in [2.05, 4.69) is 16.0 Å². The number of hydrogen-bond donors (Lipinski definition) is 1. The number of imidazole rings is 1. The molecule has 2 heterocycles. The van der Waals surface area contributed by atoms with Crippen LogP contribution >= 0.6 is 0 Å². The molecule has 1 aromatic heterocycles. The topological polar surface area (TPSA) is 65.1 Å². The van der Waals surface area contributed by atoms with Crippen LogP contribution < -0.4 is 0 Å². The predicted molar refractivity (Wildman–Crippen MR) is 86.0 cm³/mol. The van der Waals surface area contributed by atoms with Crippen molar-refractivity contribution < 1.29 is 5.11 Å². The molecule has 1 aromatic rings. The van der Waals surface area contributed by atoms with Crippen molar-refractivity contribution in [1.29, 1.82) is 5.26 Å². The number of aromatic nitrogens is 2. The maximum atomic E-state index is 10.5. The molecule has 0 aromatic carbocycles. The molecule has 0 bridgehead atoms. The van der Waals surface area contributed by atoms with Crippen LogP contribution in [0.1, 0.15) is 51.5 Å². The fraction of sp³-hybridized carbons (Fsp3) is 0.765. The number of aliphatic hydroxyl groups is 1. The minimum Gasteiger partial charge on any atom is -0.385 e. The third-order valence-electron chi connectivity index (χ3n) is 4.78. The van der Waals surface area contributed by atoms with Gasteiger partial charge in [-0.2, -0.15) is 5.26 Å². The summed E-state index contributed by atoms with van der Waals surface area (Å²) < 4.78 is 1.90. The van der Waals surface area contributed by atoms with Crippen molar-refractivity contribution in [1.82, 2.24) is 14.5 Å². The molecular weight excluding hydrogens is 276 g/mol. The number of nitrogens with zero attached hydrogens (tertiary/aromatic N) is 4. The molecule has 1 N–H and O–H groups in total. The number of aryl methyl sites for hydroxylation is 1. The third kappa shape index (κ3) is 4.31. The van der Waals surface area contributed by atoms with E-state index in [1.54, 1.807) is 6.20 Å². The normalized spacial score (nSPS) is 19.0. The van der Waals surface area contributed by atoms with Gasteiger partial charge in [0.2, 0.25) is 0 Å². The number of hydrogen-bond acceptors (Lipinski definition) is 4. The summed E-state index contributed by atoms with van der Waals surface area (Å²) in [6, 6.07) is 2.36. The fourth-order valence-corrected chi connectivity index (χ4v) is 3.17. The van der Waals surface area contributed by atoms with Gasteiger partial charge < -0.3 is 14.6 Å². The summed E-state index contributed by atoms with van der Waals surface area (Å²) in [5.74, 6) is 1.07. The number of aliphatic hydroxyl groups excluding tert-OH is 1. The third-order valence-corrected chi connectivity index (χ3v) is 4.78. The van der Waals surface area contributed by atoms with Gasteiger partial charge in [0.05, 0.1) is 11.5 Å². The zero-order valence-corrected chi connectivity index (χ0v) is 14.0. The number of likely N-dealkylation sites (tertiary alicyclic amines) is 1. The van der Waals surface area contributed by atoms with E-state index < -0.39 is 6.10 Å². The molecule has 0 amide bonds. The van der Waals surface area contributed by atoms with Gasteiger partial charge in [-0.15, -0.1) is 0 Å². The Kier molecular flexibility index (Phi) is 5.60. The number of nitriles is 1. The Morgan fingerprint density at radius 3 is 2.68 bits per heavy atom. The molecule has 122 valence electrons. The van der Waals surface area contributed by atoms with E-state index in [4.69, 9.17) is 5.26 Å². The van der Waals surface area contributed by atoms with E-state index in [1.807, 2.05) is 31.7 Å². The summed E-state index contributed by atoms with van der Waals surface area (Å²) in [4.78, 5) is 6.72. The Morgan fingerprint density at radius 2 is 2.14 bits per heavy atom. The molecule has 2 rings (SSSR count). The SMILES string of the molecule is Cn1ccnc1C(O)C1CCN(CCCC(C)(C)C#N)CC1. The number of piperidine rings is 1. The van der Waals surface area contributed by atoms with Crippen molar-refractivity contribution in [3.8, 4) is 6.07 Å². The maximum Gasteiger partial charge on any atom is 0.137 e. The van der Waals surface area contributed by atoms with Gasteiger partial charge in [0.15, 0.2) is 0 Å². The molecule has 22 heavy (non-hydrogen) atoms. The molecule has 0 aliphatic carbocycles. The van der Waals surface area contributed by atoms with Crippen LogP contribution in [0.3, 0.4) is 0 Å². The molecule has 1 saturated heterocycles. The molecule has 1 aliphatic rings. The molecule has 1 atom stereocenters. The molecule has 0 spiro atoms. The predicted octanol–water partition coefficient (Wildman–Crippen LogP) is 2.50. The monoisotopic (exact) mass is 304 g/mol. The lowest BCUT2D eigenvalue weighted by Gasteiger charge is -2.34. The summed E-state index contributed by atoms with van der Waals surface area (Å²) in [5.41, 5.74) is -0.216. The van der Waals surface area contributed by atoms with Gasteiger partial charge in [-0.05, 0) is 65.1 Å². The van der Waals surface area contributed by atoms with Crippen LogP contribution in [0.25, 0.3) is 0 Å². The zero-order valence-electron chi connectivity index (χ0n) is 14.0. The van der Waals surface area contributed by atoms with E-state index in [9.17, 15) is 5.11 Å². The van der Waals surface area contributed by atoms with E-state index in [0.29, 0.717) is 5.92 Å². The van der Waals surface area contributed by atoms with E-state index in [0.717, 1.165) is 51.1 Å². The summed E-state index contributed by atoms with van der Waals surface area (Å²) in [7, 11) is 1.93. The van der Waals surface area contributed by atoms with E-state index >= 15 is 0 Å². The van der Waals surface area contributed by atoms with Crippen LogP contribution in [0.4, 0.5) is 0 Å². The van der Waals surface area contributed by atoms with E-state index in [1.165, 1.54) is 0 Å².